The molecule has 5 nitrogen and oxygen atoms in total. The molecule has 9 heteroatoms. The molecule has 0 aliphatic heterocycles. The SMILES string of the molecule is NC(=O)[C@H](Cc1ccccc1Cl)NC(=O)[C@@H](O)c1ccc(C(F)(F)F)cc1. The van der Waals surface area contributed by atoms with Gasteiger partial charge in [0, 0.05) is 11.4 Å². The predicted octanol–water partition coefficient (Wildman–Crippen LogP) is 2.61. The van der Waals surface area contributed by atoms with Crippen LogP contribution in [0.15, 0.2) is 48.5 Å². The monoisotopic (exact) mass is 400 g/mol. The number of rotatable bonds is 6. The number of hydrogen-bond acceptors (Lipinski definition) is 3. The van der Waals surface area contributed by atoms with Crippen molar-refractivity contribution in [3.05, 3.63) is 70.2 Å². The summed E-state index contributed by atoms with van der Waals surface area (Å²) in [4.78, 5) is 23.8. The van der Waals surface area contributed by atoms with Gasteiger partial charge in [-0.15, -0.1) is 0 Å². The fourth-order valence-corrected chi connectivity index (χ4v) is 2.58. The average Bonchev–Trinajstić information content (AvgIpc) is 2.61. The van der Waals surface area contributed by atoms with Gasteiger partial charge in [0.15, 0.2) is 6.10 Å². The van der Waals surface area contributed by atoms with E-state index in [0.717, 1.165) is 24.3 Å². The second-order valence-electron chi connectivity index (χ2n) is 5.78. The van der Waals surface area contributed by atoms with E-state index in [2.05, 4.69) is 5.32 Å². The summed E-state index contributed by atoms with van der Waals surface area (Å²) in [6.45, 7) is 0. The zero-order valence-electron chi connectivity index (χ0n) is 13.8. The Morgan fingerprint density at radius 1 is 1.11 bits per heavy atom. The zero-order valence-corrected chi connectivity index (χ0v) is 14.6. The molecule has 0 unspecified atom stereocenters. The molecule has 0 bridgehead atoms. The van der Waals surface area contributed by atoms with Gasteiger partial charge in [0.1, 0.15) is 6.04 Å². The molecule has 0 radical (unpaired) electrons. The minimum atomic E-state index is -4.53. The van der Waals surface area contributed by atoms with Crippen LogP contribution in [0, 0.1) is 0 Å². The van der Waals surface area contributed by atoms with Crippen LogP contribution in [0.3, 0.4) is 0 Å². The molecule has 0 heterocycles. The van der Waals surface area contributed by atoms with Crippen molar-refractivity contribution in [1.29, 1.82) is 0 Å². The van der Waals surface area contributed by atoms with E-state index in [0.29, 0.717) is 10.6 Å². The van der Waals surface area contributed by atoms with E-state index in [9.17, 15) is 27.9 Å². The number of carbonyl (C=O) groups is 2. The Labute approximate surface area is 157 Å². The summed E-state index contributed by atoms with van der Waals surface area (Å²) >= 11 is 6.01. The second kappa shape index (κ2) is 8.41. The molecule has 27 heavy (non-hydrogen) atoms. The minimum absolute atomic E-state index is 0.000474. The lowest BCUT2D eigenvalue weighted by molar-refractivity contribution is -0.137. The molecular weight excluding hydrogens is 385 g/mol. The quantitative estimate of drug-likeness (QED) is 0.696. The van der Waals surface area contributed by atoms with Gasteiger partial charge < -0.3 is 16.2 Å². The van der Waals surface area contributed by atoms with E-state index >= 15 is 0 Å². The predicted molar refractivity (Wildman–Crippen MR) is 92.7 cm³/mol. The molecule has 0 aromatic heterocycles. The van der Waals surface area contributed by atoms with Crippen LogP contribution in [0.25, 0.3) is 0 Å². The number of aliphatic hydroxyl groups is 1. The number of carbonyl (C=O) groups excluding carboxylic acids is 2. The average molecular weight is 401 g/mol. The molecular formula is C18H16ClF3N2O3. The number of alkyl halides is 3. The van der Waals surface area contributed by atoms with Gasteiger partial charge in [0.05, 0.1) is 5.56 Å². The maximum Gasteiger partial charge on any atom is 0.416 e. The van der Waals surface area contributed by atoms with E-state index in [-0.39, 0.29) is 12.0 Å². The number of nitrogens with two attached hydrogens (primary N) is 1. The topological polar surface area (TPSA) is 92.4 Å². The molecule has 0 fully saturated rings. The molecule has 144 valence electrons. The van der Waals surface area contributed by atoms with Gasteiger partial charge in [-0.1, -0.05) is 41.9 Å². The molecule has 2 amide bonds. The van der Waals surface area contributed by atoms with E-state index in [1.54, 1.807) is 24.3 Å². The number of primary amides is 1. The Morgan fingerprint density at radius 2 is 1.70 bits per heavy atom. The molecule has 2 atom stereocenters. The van der Waals surface area contributed by atoms with Gasteiger partial charge >= 0.3 is 6.18 Å². The molecule has 0 aliphatic carbocycles. The van der Waals surface area contributed by atoms with Gasteiger partial charge in [-0.05, 0) is 29.3 Å². The van der Waals surface area contributed by atoms with Crippen molar-refractivity contribution in [2.75, 3.05) is 0 Å². The molecule has 0 saturated heterocycles. The maximum atomic E-state index is 12.6. The van der Waals surface area contributed by atoms with Crippen molar-refractivity contribution in [2.24, 2.45) is 5.73 Å². The lowest BCUT2D eigenvalue weighted by atomic mass is 10.0. The Balaban J connectivity index is 2.10. The first-order valence-electron chi connectivity index (χ1n) is 7.78. The van der Waals surface area contributed by atoms with Crippen molar-refractivity contribution >= 4 is 23.4 Å². The summed E-state index contributed by atoms with van der Waals surface area (Å²) in [7, 11) is 0. The molecule has 2 rings (SSSR count). The summed E-state index contributed by atoms with van der Waals surface area (Å²) in [5.41, 5.74) is 4.88. The number of halogens is 4. The zero-order chi connectivity index (χ0) is 20.2. The number of hydrogen-bond donors (Lipinski definition) is 3. The smallest absolute Gasteiger partial charge is 0.378 e. The van der Waals surface area contributed by atoms with Crippen LogP contribution in [0.5, 0.6) is 0 Å². The van der Waals surface area contributed by atoms with Gasteiger partial charge in [-0.3, -0.25) is 9.59 Å². The number of amides is 2. The standard InChI is InChI=1S/C18H16ClF3N2O3/c19-13-4-2-1-3-11(13)9-14(16(23)26)24-17(27)15(25)10-5-7-12(8-6-10)18(20,21)22/h1-8,14-15,25H,9H2,(H2,23,26)(H,24,27)/t14-,15-/m0/s1. The van der Waals surface area contributed by atoms with Gasteiger partial charge in [-0.25, -0.2) is 0 Å². The van der Waals surface area contributed by atoms with Gasteiger partial charge in [0.25, 0.3) is 5.91 Å². The molecule has 0 saturated carbocycles. The lowest BCUT2D eigenvalue weighted by Gasteiger charge is -2.19. The number of benzene rings is 2. The van der Waals surface area contributed by atoms with Crippen LogP contribution < -0.4 is 11.1 Å². The van der Waals surface area contributed by atoms with Crippen LogP contribution in [0.4, 0.5) is 13.2 Å². The third-order valence-electron chi connectivity index (χ3n) is 3.84. The Hall–Kier alpha value is -2.58. The van der Waals surface area contributed by atoms with Crippen molar-refractivity contribution in [2.45, 2.75) is 24.7 Å². The second-order valence-corrected chi connectivity index (χ2v) is 6.19. The Morgan fingerprint density at radius 3 is 2.22 bits per heavy atom. The van der Waals surface area contributed by atoms with Crippen LogP contribution in [-0.2, 0) is 22.2 Å². The van der Waals surface area contributed by atoms with E-state index in [1.807, 2.05) is 0 Å². The summed E-state index contributed by atoms with van der Waals surface area (Å²) in [5.74, 6) is -1.81. The van der Waals surface area contributed by atoms with Crippen molar-refractivity contribution in [3.8, 4) is 0 Å². The highest BCUT2D eigenvalue weighted by molar-refractivity contribution is 6.31. The fourth-order valence-electron chi connectivity index (χ4n) is 2.36. The fraction of sp³-hybridized carbons (Fsp3) is 0.222. The summed E-state index contributed by atoms with van der Waals surface area (Å²) < 4.78 is 37.7. The van der Waals surface area contributed by atoms with Gasteiger partial charge in [0.2, 0.25) is 5.91 Å². The van der Waals surface area contributed by atoms with Crippen LogP contribution in [0.1, 0.15) is 22.8 Å². The highest BCUT2D eigenvalue weighted by Crippen LogP contribution is 2.30. The molecule has 0 aliphatic rings. The van der Waals surface area contributed by atoms with Crippen molar-refractivity contribution in [3.63, 3.8) is 0 Å². The highest BCUT2D eigenvalue weighted by Gasteiger charge is 2.31. The summed E-state index contributed by atoms with van der Waals surface area (Å²) in [5, 5.41) is 12.7. The van der Waals surface area contributed by atoms with Crippen LogP contribution in [-0.4, -0.2) is 23.0 Å². The first-order chi connectivity index (χ1) is 12.6. The molecule has 0 spiro atoms. The lowest BCUT2D eigenvalue weighted by Crippen LogP contribution is -2.47. The first-order valence-corrected chi connectivity index (χ1v) is 8.15. The third kappa shape index (κ3) is 5.45. The molecule has 4 N–H and O–H groups in total. The van der Waals surface area contributed by atoms with Gasteiger partial charge in [-0.2, -0.15) is 13.2 Å². The molecule has 2 aromatic carbocycles. The van der Waals surface area contributed by atoms with Crippen LogP contribution in [0.2, 0.25) is 5.02 Å². The van der Waals surface area contributed by atoms with Crippen molar-refractivity contribution in [1.82, 2.24) is 5.32 Å². The highest BCUT2D eigenvalue weighted by atomic mass is 35.5. The largest absolute Gasteiger partial charge is 0.416 e. The van der Waals surface area contributed by atoms with Crippen LogP contribution >= 0.6 is 11.6 Å². The maximum absolute atomic E-state index is 12.6. The first kappa shape index (κ1) is 20.7. The third-order valence-corrected chi connectivity index (χ3v) is 4.21. The Kier molecular flexibility index (Phi) is 6.45. The summed E-state index contributed by atoms with van der Waals surface area (Å²) in [6, 6.07) is 8.96. The van der Waals surface area contributed by atoms with E-state index < -0.39 is 35.7 Å². The summed E-state index contributed by atoms with van der Waals surface area (Å²) in [6.07, 6.45) is -6.29. The van der Waals surface area contributed by atoms with E-state index in [1.165, 1.54) is 0 Å². The number of nitrogens with one attached hydrogen (secondary N) is 1. The number of aliphatic hydroxyl groups excluding tert-OH is 1. The Bertz CT molecular complexity index is 825. The van der Waals surface area contributed by atoms with E-state index in [4.69, 9.17) is 17.3 Å². The molecule has 2 aromatic rings. The minimum Gasteiger partial charge on any atom is -0.378 e. The van der Waals surface area contributed by atoms with Crippen molar-refractivity contribution < 1.29 is 27.9 Å². The normalized spacial score (nSPS) is 13.7.